The molecule has 0 spiro atoms. The summed E-state index contributed by atoms with van der Waals surface area (Å²) in [4.78, 5) is 53.2. The van der Waals surface area contributed by atoms with Crippen LogP contribution in [0.5, 0.6) is 0 Å². The molecular weight excluding hydrogens is 628 g/mol. The Morgan fingerprint density at radius 3 is 1.56 bits per heavy atom. The van der Waals surface area contributed by atoms with Gasteiger partial charge in [0.15, 0.2) is 5.78 Å². The fourth-order valence-corrected chi connectivity index (χ4v) is 5.91. The predicted octanol–water partition coefficient (Wildman–Crippen LogP) is 7.25. The van der Waals surface area contributed by atoms with Crippen molar-refractivity contribution in [1.82, 2.24) is 10.6 Å². The number of amides is 2. The molecule has 4 rings (SSSR count). The van der Waals surface area contributed by atoms with Crippen LogP contribution in [-0.2, 0) is 49.9 Å². The molecule has 8 nitrogen and oxygen atoms in total. The topological polar surface area (TPSA) is 111 Å². The highest BCUT2D eigenvalue weighted by Crippen LogP contribution is 2.22. The van der Waals surface area contributed by atoms with E-state index >= 15 is 0 Å². The van der Waals surface area contributed by atoms with Gasteiger partial charge in [0.2, 0.25) is 5.91 Å². The molecule has 0 aliphatic heterocycles. The highest BCUT2D eigenvalue weighted by Gasteiger charge is 2.31. The summed E-state index contributed by atoms with van der Waals surface area (Å²) in [6, 6.07) is 36.9. The molecular formula is C42H48N2O6. The Morgan fingerprint density at radius 1 is 0.580 bits per heavy atom. The van der Waals surface area contributed by atoms with Crippen molar-refractivity contribution in [3.63, 3.8) is 0 Å². The second kappa shape index (κ2) is 19.7. The van der Waals surface area contributed by atoms with Crippen molar-refractivity contribution in [3.05, 3.63) is 144 Å². The summed E-state index contributed by atoms with van der Waals surface area (Å²) in [6.07, 6.45) is 0.516. The largest absolute Gasteiger partial charge is 0.461 e. The average Bonchev–Trinajstić information content (AvgIpc) is 3.13. The number of benzene rings is 4. The SMILES string of the molecule is CC(CC(C)C(C)C(=O)C(Cc1ccccc1)NC(=O)OCc1ccccc1)NC(=O)C(CC(=O)OCc1ccccc1)Cc1ccccc1. The van der Waals surface area contributed by atoms with Crippen LogP contribution in [0.3, 0.4) is 0 Å². The number of alkyl carbamates (subject to hydrolysis) is 1. The van der Waals surface area contributed by atoms with Crippen molar-refractivity contribution in [1.29, 1.82) is 0 Å². The van der Waals surface area contributed by atoms with Crippen LogP contribution in [0.4, 0.5) is 4.79 Å². The molecule has 0 fully saturated rings. The zero-order chi connectivity index (χ0) is 35.7. The lowest BCUT2D eigenvalue weighted by molar-refractivity contribution is -0.148. The molecule has 2 amide bonds. The summed E-state index contributed by atoms with van der Waals surface area (Å²) in [7, 11) is 0. The maximum Gasteiger partial charge on any atom is 0.408 e. The quantitative estimate of drug-likeness (QED) is 0.107. The molecule has 5 atom stereocenters. The van der Waals surface area contributed by atoms with Crippen LogP contribution < -0.4 is 10.6 Å². The van der Waals surface area contributed by atoms with Crippen LogP contribution in [-0.4, -0.2) is 35.8 Å². The first-order valence-electron chi connectivity index (χ1n) is 17.3. The molecule has 5 unspecified atom stereocenters. The Hall–Kier alpha value is -5.24. The molecule has 0 saturated heterocycles. The van der Waals surface area contributed by atoms with Crippen molar-refractivity contribution in [3.8, 4) is 0 Å². The third-order valence-corrected chi connectivity index (χ3v) is 8.90. The van der Waals surface area contributed by atoms with Gasteiger partial charge in [-0.15, -0.1) is 0 Å². The molecule has 262 valence electrons. The Morgan fingerprint density at radius 2 is 1.04 bits per heavy atom. The predicted molar refractivity (Wildman–Crippen MR) is 194 cm³/mol. The molecule has 50 heavy (non-hydrogen) atoms. The Kier molecular flexibility index (Phi) is 14.8. The zero-order valence-corrected chi connectivity index (χ0v) is 29.1. The number of hydrogen-bond donors (Lipinski definition) is 2. The molecule has 0 aromatic heterocycles. The van der Waals surface area contributed by atoms with Gasteiger partial charge in [0.25, 0.3) is 0 Å². The van der Waals surface area contributed by atoms with Gasteiger partial charge in [0, 0.05) is 12.0 Å². The van der Waals surface area contributed by atoms with Crippen LogP contribution in [0.2, 0.25) is 0 Å². The van der Waals surface area contributed by atoms with E-state index < -0.39 is 29.9 Å². The van der Waals surface area contributed by atoms with Gasteiger partial charge in [0.05, 0.1) is 18.4 Å². The minimum absolute atomic E-state index is 0.0576. The van der Waals surface area contributed by atoms with Gasteiger partial charge in [-0.2, -0.15) is 0 Å². The fourth-order valence-electron chi connectivity index (χ4n) is 5.91. The summed E-state index contributed by atoms with van der Waals surface area (Å²) in [5, 5.41) is 5.90. The molecule has 2 N–H and O–H groups in total. The number of carbonyl (C=O) groups is 4. The van der Waals surface area contributed by atoms with Crippen molar-refractivity contribution in [2.75, 3.05) is 0 Å². The van der Waals surface area contributed by atoms with Crippen molar-refractivity contribution < 1.29 is 28.7 Å². The highest BCUT2D eigenvalue weighted by molar-refractivity contribution is 5.89. The number of ketones is 1. The van der Waals surface area contributed by atoms with Crippen LogP contribution in [0.25, 0.3) is 0 Å². The standard InChI is InChI=1S/C42H48N2O6/c1-30(32(3)40(46)38(26-34-18-10-5-11-19-34)44-42(48)50-29-36-22-14-7-15-23-36)24-31(2)43-41(47)37(25-33-16-8-4-9-17-33)27-39(45)49-28-35-20-12-6-13-21-35/h4-23,30-32,37-38H,24-29H2,1-3H3,(H,43,47)(H,44,48). The lowest BCUT2D eigenvalue weighted by Crippen LogP contribution is -2.46. The lowest BCUT2D eigenvalue weighted by Gasteiger charge is -2.27. The summed E-state index contributed by atoms with van der Waals surface area (Å²) in [5.74, 6) is -1.97. The fraction of sp³-hybridized carbons (Fsp3) is 0.333. The average molecular weight is 677 g/mol. The minimum Gasteiger partial charge on any atom is -0.461 e. The van der Waals surface area contributed by atoms with E-state index in [0.717, 1.165) is 22.3 Å². The number of rotatable bonds is 18. The first-order chi connectivity index (χ1) is 24.2. The van der Waals surface area contributed by atoms with Crippen LogP contribution in [0, 0.1) is 17.8 Å². The van der Waals surface area contributed by atoms with Gasteiger partial charge in [-0.05, 0) is 54.4 Å². The molecule has 8 heteroatoms. The lowest BCUT2D eigenvalue weighted by atomic mass is 9.83. The molecule has 4 aromatic rings. The Balaban J connectivity index is 1.36. The highest BCUT2D eigenvalue weighted by atomic mass is 16.5. The van der Waals surface area contributed by atoms with Crippen molar-refractivity contribution in [2.24, 2.45) is 17.8 Å². The molecule has 0 aliphatic rings. The van der Waals surface area contributed by atoms with Crippen molar-refractivity contribution in [2.45, 2.75) is 71.8 Å². The molecule has 0 radical (unpaired) electrons. The van der Waals surface area contributed by atoms with E-state index in [1.165, 1.54) is 0 Å². The van der Waals surface area contributed by atoms with E-state index in [4.69, 9.17) is 9.47 Å². The first kappa shape index (κ1) is 37.6. The number of carbonyl (C=O) groups excluding carboxylic acids is 4. The van der Waals surface area contributed by atoms with Gasteiger partial charge >= 0.3 is 12.1 Å². The Labute approximate surface area is 295 Å². The van der Waals surface area contributed by atoms with Crippen LogP contribution in [0.1, 0.15) is 55.9 Å². The number of hydrogen-bond acceptors (Lipinski definition) is 6. The molecule has 0 bridgehead atoms. The zero-order valence-electron chi connectivity index (χ0n) is 29.1. The second-order valence-electron chi connectivity index (χ2n) is 13.0. The van der Waals surface area contributed by atoms with Crippen LogP contribution in [0.15, 0.2) is 121 Å². The van der Waals surface area contributed by atoms with Gasteiger partial charge in [-0.25, -0.2) is 4.79 Å². The van der Waals surface area contributed by atoms with E-state index in [9.17, 15) is 19.2 Å². The number of nitrogens with one attached hydrogen (secondary N) is 2. The van der Waals surface area contributed by atoms with Gasteiger partial charge in [-0.1, -0.05) is 135 Å². The van der Waals surface area contributed by atoms with E-state index in [1.54, 1.807) is 0 Å². The van der Waals surface area contributed by atoms with E-state index in [0.29, 0.717) is 19.3 Å². The maximum absolute atomic E-state index is 13.9. The maximum atomic E-state index is 13.9. The Bertz CT molecular complexity index is 1630. The van der Waals surface area contributed by atoms with Crippen LogP contribution >= 0.6 is 0 Å². The smallest absolute Gasteiger partial charge is 0.408 e. The van der Waals surface area contributed by atoms with E-state index in [2.05, 4.69) is 10.6 Å². The monoisotopic (exact) mass is 676 g/mol. The van der Waals surface area contributed by atoms with Gasteiger partial charge < -0.3 is 20.1 Å². The summed E-state index contributed by atoms with van der Waals surface area (Å²) in [6.45, 7) is 5.97. The van der Waals surface area contributed by atoms with Gasteiger partial charge in [0.1, 0.15) is 13.2 Å². The molecule has 0 aliphatic carbocycles. The van der Waals surface area contributed by atoms with Crippen molar-refractivity contribution >= 4 is 23.8 Å². The summed E-state index contributed by atoms with van der Waals surface area (Å²) >= 11 is 0. The number of esters is 1. The summed E-state index contributed by atoms with van der Waals surface area (Å²) < 4.78 is 11.0. The number of ether oxygens (including phenoxy) is 2. The second-order valence-corrected chi connectivity index (χ2v) is 13.0. The van der Waals surface area contributed by atoms with Gasteiger partial charge in [-0.3, -0.25) is 14.4 Å². The summed E-state index contributed by atoms with van der Waals surface area (Å²) in [5.41, 5.74) is 3.59. The van der Waals surface area contributed by atoms with E-state index in [-0.39, 0.29) is 43.3 Å². The number of Topliss-reactive ketones (excluding diaryl/α,β-unsaturated/α-hetero) is 1. The molecule has 0 heterocycles. The molecule has 4 aromatic carbocycles. The van der Waals surface area contributed by atoms with E-state index in [1.807, 2.05) is 142 Å². The normalized spacial score (nSPS) is 13.9. The third-order valence-electron chi connectivity index (χ3n) is 8.90. The first-order valence-corrected chi connectivity index (χ1v) is 17.3. The third kappa shape index (κ3) is 12.7. The molecule has 0 saturated carbocycles. The minimum atomic E-state index is -0.792.